The van der Waals surface area contributed by atoms with Crippen molar-refractivity contribution in [2.75, 3.05) is 0 Å². The molecule has 1 aliphatic carbocycles. The first-order valence-electron chi connectivity index (χ1n) is 3.64. The summed E-state index contributed by atoms with van der Waals surface area (Å²) in [5, 5.41) is 8.49. The first-order valence-corrected chi connectivity index (χ1v) is 4.71. The number of hydrogen-bond acceptors (Lipinski definition) is 3. The highest BCUT2D eigenvalue weighted by molar-refractivity contribution is 7.73. The largest absolute Gasteiger partial charge is 0.481 e. The van der Waals surface area contributed by atoms with Gasteiger partial charge >= 0.3 is 5.97 Å². The van der Waals surface area contributed by atoms with Gasteiger partial charge in [0.15, 0.2) is 0 Å². The second kappa shape index (κ2) is 4.04. The lowest BCUT2D eigenvalue weighted by atomic mass is 9.97. The molecule has 1 aliphatic rings. The first-order chi connectivity index (χ1) is 6.11. The Bertz CT molecular complexity index is 392. The van der Waals surface area contributed by atoms with Crippen LogP contribution in [0.1, 0.15) is 6.42 Å². The van der Waals surface area contributed by atoms with E-state index in [2.05, 4.69) is 0 Å². The van der Waals surface area contributed by atoms with Gasteiger partial charge in [-0.1, -0.05) is 18.2 Å². The van der Waals surface area contributed by atoms with E-state index in [1.165, 1.54) is 6.08 Å². The van der Waals surface area contributed by atoms with E-state index >= 15 is 0 Å². The van der Waals surface area contributed by atoms with Gasteiger partial charge in [0.25, 0.3) is 0 Å². The summed E-state index contributed by atoms with van der Waals surface area (Å²) < 4.78 is 21.3. The van der Waals surface area contributed by atoms with E-state index in [1.807, 2.05) is 0 Å². The number of carboxylic acid groups (broad SMARTS) is 1. The predicted octanol–water partition coefficient (Wildman–Crippen LogP) is 0.255. The van der Waals surface area contributed by atoms with E-state index in [0.29, 0.717) is 0 Å². The maximum atomic E-state index is 10.6. The average Bonchev–Trinajstić information content (AvgIpc) is 2.03. The molecule has 0 aromatic heterocycles. The van der Waals surface area contributed by atoms with Crippen LogP contribution in [-0.2, 0) is 15.1 Å². The summed E-state index contributed by atoms with van der Waals surface area (Å²) in [7, 11) is -2.33. The Morgan fingerprint density at radius 3 is 2.69 bits per heavy atom. The van der Waals surface area contributed by atoms with Crippen molar-refractivity contribution in [2.24, 2.45) is 5.92 Å². The molecule has 1 unspecified atom stereocenters. The van der Waals surface area contributed by atoms with Crippen LogP contribution in [0.2, 0.25) is 0 Å². The lowest BCUT2D eigenvalue weighted by molar-refractivity contribution is -0.137. The molecule has 0 aromatic rings. The summed E-state index contributed by atoms with van der Waals surface area (Å²) in [4.78, 5) is 10.5. The van der Waals surface area contributed by atoms with Crippen LogP contribution in [0.3, 0.4) is 0 Å². The van der Waals surface area contributed by atoms with Gasteiger partial charge in [0.05, 0.1) is 11.3 Å². The monoisotopic (exact) mass is 200 g/mol. The lowest BCUT2D eigenvalue weighted by Crippen LogP contribution is -2.16. The molecule has 13 heavy (non-hydrogen) atoms. The van der Waals surface area contributed by atoms with Crippen molar-refractivity contribution in [3.63, 3.8) is 0 Å². The summed E-state index contributed by atoms with van der Waals surface area (Å²) in [6.07, 6.45) is 6.01. The molecule has 0 fully saturated rings. The highest BCUT2D eigenvalue weighted by atomic mass is 32.2. The molecule has 0 saturated carbocycles. The Hall–Kier alpha value is -1.36. The summed E-state index contributed by atoms with van der Waals surface area (Å²) in [5.74, 6) is -1.53. The Labute approximate surface area is 76.7 Å². The van der Waals surface area contributed by atoms with Crippen LogP contribution in [0.25, 0.3) is 0 Å². The van der Waals surface area contributed by atoms with Gasteiger partial charge in [-0.25, -0.2) is 0 Å². The molecule has 0 amide bonds. The highest BCUT2D eigenvalue weighted by Gasteiger charge is 2.17. The fraction of sp³-hybridized carbons (Fsp3) is 0.250. The van der Waals surface area contributed by atoms with Gasteiger partial charge in [-0.05, 0) is 6.08 Å². The predicted molar refractivity (Wildman–Crippen MR) is 47.9 cm³/mol. The summed E-state index contributed by atoms with van der Waals surface area (Å²) >= 11 is 0. The molecular formula is C8H8O4S. The molecule has 0 spiro atoms. The normalized spacial score (nSPS) is 20.3. The number of carboxylic acids is 1. The minimum atomic E-state index is -2.33. The first kappa shape index (κ1) is 9.73. The molecule has 1 atom stereocenters. The van der Waals surface area contributed by atoms with Crippen LogP contribution >= 0.6 is 0 Å². The third-order valence-corrected chi connectivity index (χ3v) is 2.49. The molecule has 0 aliphatic heterocycles. The fourth-order valence-corrected chi connectivity index (χ4v) is 1.70. The number of allylic oxidation sites excluding steroid dienone is 4. The third-order valence-electron chi connectivity index (χ3n) is 1.67. The van der Waals surface area contributed by atoms with Gasteiger partial charge in [-0.2, -0.15) is 8.42 Å². The molecule has 0 heterocycles. The molecule has 0 bridgehead atoms. The van der Waals surface area contributed by atoms with Crippen LogP contribution in [0.4, 0.5) is 0 Å². The summed E-state index contributed by atoms with van der Waals surface area (Å²) in [5.41, 5.74) is 0. The second-order valence-corrected chi connectivity index (χ2v) is 3.53. The number of carbonyl (C=O) groups is 1. The van der Waals surface area contributed by atoms with Crippen LogP contribution in [0, 0.1) is 5.92 Å². The van der Waals surface area contributed by atoms with E-state index in [-0.39, 0.29) is 11.3 Å². The Morgan fingerprint density at radius 2 is 2.15 bits per heavy atom. The zero-order valence-corrected chi connectivity index (χ0v) is 7.49. The smallest absolute Gasteiger partial charge is 0.304 e. The average molecular weight is 200 g/mol. The quantitative estimate of drug-likeness (QED) is 0.649. The minimum Gasteiger partial charge on any atom is -0.481 e. The van der Waals surface area contributed by atoms with Crippen molar-refractivity contribution in [2.45, 2.75) is 6.42 Å². The Morgan fingerprint density at radius 1 is 1.46 bits per heavy atom. The SMILES string of the molecule is O=C(O)CC1C=CC=CC1=S(=O)=O. The number of rotatable bonds is 2. The van der Waals surface area contributed by atoms with E-state index in [4.69, 9.17) is 5.11 Å². The molecule has 0 saturated heterocycles. The molecule has 1 rings (SSSR count). The fourth-order valence-electron chi connectivity index (χ4n) is 1.10. The number of hydrogen-bond donors (Lipinski definition) is 1. The van der Waals surface area contributed by atoms with Gasteiger partial charge in [0, 0.05) is 5.92 Å². The van der Waals surface area contributed by atoms with E-state index in [0.717, 1.165) is 0 Å². The summed E-state index contributed by atoms with van der Waals surface area (Å²) in [6.45, 7) is 0. The summed E-state index contributed by atoms with van der Waals surface area (Å²) in [6, 6.07) is 0. The topological polar surface area (TPSA) is 71.4 Å². The van der Waals surface area contributed by atoms with Crippen LogP contribution in [-0.4, -0.2) is 24.4 Å². The lowest BCUT2D eigenvalue weighted by Gasteiger charge is -2.09. The Kier molecular flexibility index (Phi) is 3.02. The molecule has 70 valence electrons. The minimum absolute atomic E-state index is 0.130. The van der Waals surface area contributed by atoms with Gasteiger partial charge in [-0.15, -0.1) is 0 Å². The van der Waals surface area contributed by atoms with E-state index < -0.39 is 22.2 Å². The molecule has 0 aromatic carbocycles. The van der Waals surface area contributed by atoms with Crippen molar-refractivity contribution in [3.8, 4) is 0 Å². The van der Waals surface area contributed by atoms with Crippen LogP contribution in [0.15, 0.2) is 24.3 Å². The maximum absolute atomic E-state index is 10.6. The van der Waals surface area contributed by atoms with E-state index in [9.17, 15) is 13.2 Å². The zero-order chi connectivity index (χ0) is 9.84. The highest BCUT2D eigenvalue weighted by Crippen LogP contribution is 2.12. The molecule has 1 N–H and O–H groups in total. The second-order valence-electron chi connectivity index (χ2n) is 2.59. The molecule has 0 radical (unpaired) electrons. The molecule has 4 nitrogen and oxygen atoms in total. The standard InChI is InChI=1S/C8H8O4S/c9-8(10)5-6-3-1-2-4-7(6)13(11)12/h1-4,6H,5H2,(H,9,10). The maximum Gasteiger partial charge on any atom is 0.304 e. The van der Waals surface area contributed by atoms with Crippen LogP contribution in [0.5, 0.6) is 0 Å². The van der Waals surface area contributed by atoms with E-state index in [1.54, 1.807) is 18.2 Å². The number of aliphatic carboxylic acids is 1. The zero-order valence-electron chi connectivity index (χ0n) is 6.67. The van der Waals surface area contributed by atoms with Gasteiger partial charge < -0.3 is 5.11 Å². The van der Waals surface area contributed by atoms with Gasteiger partial charge in [-0.3, -0.25) is 4.79 Å². The van der Waals surface area contributed by atoms with Crippen LogP contribution < -0.4 is 0 Å². The van der Waals surface area contributed by atoms with Gasteiger partial charge in [0.1, 0.15) is 0 Å². The van der Waals surface area contributed by atoms with Crippen molar-refractivity contribution in [3.05, 3.63) is 24.3 Å². The van der Waals surface area contributed by atoms with Gasteiger partial charge in [0.2, 0.25) is 10.3 Å². The third kappa shape index (κ3) is 2.55. The molecular weight excluding hydrogens is 192 g/mol. The van der Waals surface area contributed by atoms with Crippen molar-refractivity contribution in [1.29, 1.82) is 0 Å². The Balaban J connectivity index is 2.97. The molecule has 5 heteroatoms. The van der Waals surface area contributed by atoms with Crippen molar-refractivity contribution >= 4 is 21.1 Å². The van der Waals surface area contributed by atoms with Crippen molar-refractivity contribution in [1.82, 2.24) is 0 Å². The van der Waals surface area contributed by atoms with Crippen molar-refractivity contribution < 1.29 is 18.3 Å².